The van der Waals surface area contributed by atoms with Gasteiger partial charge in [0.05, 0.1) is 13.2 Å². The zero-order valence-corrected chi connectivity index (χ0v) is 20.7. The van der Waals surface area contributed by atoms with Crippen molar-refractivity contribution in [1.29, 1.82) is 0 Å². The fourth-order valence-corrected chi connectivity index (χ4v) is 4.59. The Labute approximate surface area is 220 Å². The van der Waals surface area contributed by atoms with Gasteiger partial charge in [-0.1, -0.05) is 6.08 Å². The van der Waals surface area contributed by atoms with Gasteiger partial charge in [0, 0.05) is 67.2 Å². The Morgan fingerprint density at radius 1 is 1.31 bits per heavy atom. The summed E-state index contributed by atoms with van der Waals surface area (Å²) >= 11 is 0. The van der Waals surface area contributed by atoms with Crippen LogP contribution in [0.1, 0.15) is 36.0 Å². The van der Waals surface area contributed by atoms with Crippen molar-refractivity contribution in [1.82, 2.24) is 10.3 Å². The van der Waals surface area contributed by atoms with Crippen LogP contribution in [0.4, 0.5) is 29.1 Å². The number of aliphatic hydroxyl groups is 1. The van der Waals surface area contributed by atoms with Crippen molar-refractivity contribution in [3.63, 3.8) is 0 Å². The number of aliphatic imine (C=N–C) groups is 2. The van der Waals surface area contributed by atoms with Crippen LogP contribution in [0.5, 0.6) is 5.75 Å². The second-order valence-corrected chi connectivity index (χ2v) is 9.38. The molecule has 0 spiro atoms. The average Bonchev–Trinajstić information content (AvgIpc) is 3.36. The highest BCUT2D eigenvalue weighted by Crippen LogP contribution is 2.43. The van der Waals surface area contributed by atoms with Gasteiger partial charge in [0.2, 0.25) is 0 Å². The third-order valence-corrected chi connectivity index (χ3v) is 6.56. The van der Waals surface area contributed by atoms with Gasteiger partial charge >= 0.3 is 0 Å². The molecule has 2 aliphatic heterocycles. The zero-order chi connectivity index (χ0) is 27.7. The number of allylic oxidation sites excluding steroid dienone is 2. The second kappa shape index (κ2) is 10.6. The van der Waals surface area contributed by atoms with Crippen LogP contribution in [-0.4, -0.2) is 60.7 Å². The molecule has 0 bridgehead atoms. The largest absolute Gasteiger partial charge is 0.479 e. The SMILES string of the molecule is CNC(=O)C1=CC(c2c[nH]c3c2C(Oc2c(F)cc(NC4=NCC(F)(CO)CO4)cc2F)CC=N3)CC(F)=C1. The number of aromatic nitrogens is 1. The van der Waals surface area contributed by atoms with Gasteiger partial charge in [-0.25, -0.2) is 27.5 Å². The van der Waals surface area contributed by atoms with Gasteiger partial charge in [-0.2, -0.15) is 0 Å². The Kier molecular flexibility index (Phi) is 7.17. The van der Waals surface area contributed by atoms with Crippen molar-refractivity contribution in [2.75, 3.05) is 32.1 Å². The Morgan fingerprint density at radius 3 is 2.74 bits per heavy atom. The highest BCUT2D eigenvalue weighted by molar-refractivity contribution is 5.96. The number of fused-ring (bicyclic) bond motifs is 1. The van der Waals surface area contributed by atoms with E-state index in [4.69, 9.17) is 14.6 Å². The van der Waals surface area contributed by atoms with Gasteiger partial charge in [-0.15, -0.1) is 0 Å². The lowest BCUT2D eigenvalue weighted by Gasteiger charge is -2.27. The normalized spacial score (nSPS) is 24.1. The summed E-state index contributed by atoms with van der Waals surface area (Å²) in [5.41, 5.74) is -0.795. The van der Waals surface area contributed by atoms with Gasteiger partial charge in [-0.3, -0.25) is 4.79 Å². The molecule has 1 aromatic heterocycles. The number of H-pyrrole nitrogens is 1. The molecule has 5 rings (SSSR count). The molecule has 3 heterocycles. The molecule has 3 unspecified atom stereocenters. The van der Waals surface area contributed by atoms with E-state index in [1.165, 1.54) is 13.1 Å². The number of aliphatic hydroxyl groups excluding tert-OH is 1. The third-order valence-electron chi connectivity index (χ3n) is 6.56. The van der Waals surface area contributed by atoms with Crippen LogP contribution in [0.15, 0.2) is 51.9 Å². The number of alkyl halides is 1. The predicted molar refractivity (Wildman–Crippen MR) is 135 cm³/mol. The molecule has 9 nitrogen and oxygen atoms in total. The minimum atomic E-state index is -2.02. The van der Waals surface area contributed by atoms with E-state index < -0.39 is 60.0 Å². The van der Waals surface area contributed by atoms with Crippen LogP contribution in [-0.2, 0) is 9.53 Å². The van der Waals surface area contributed by atoms with E-state index in [1.807, 2.05) is 0 Å². The van der Waals surface area contributed by atoms with E-state index >= 15 is 8.78 Å². The Morgan fingerprint density at radius 2 is 2.08 bits per heavy atom. The molecule has 0 radical (unpaired) electrons. The van der Waals surface area contributed by atoms with E-state index in [-0.39, 0.29) is 36.7 Å². The Bertz CT molecular complexity index is 1400. The molecule has 4 N–H and O–H groups in total. The molecule has 2 aromatic rings. The van der Waals surface area contributed by atoms with E-state index in [0.717, 1.165) is 12.1 Å². The first-order chi connectivity index (χ1) is 18.7. The number of amidine groups is 1. The molecular weight excluding hydrogens is 522 g/mol. The number of halogens is 4. The quantitative estimate of drug-likeness (QED) is 0.407. The Balaban J connectivity index is 1.38. The maximum atomic E-state index is 15.1. The maximum Gasteiger partial charge on any atom is 0.289 e. The number of carbonyl (C=O) groups is 1. The van der Waals surface area contributed by atoms with Gasteiger partial charge < -0.3 is 30.2 Å². The molecule has 0 saturated carbocycles. The molecule has 1 aliphatic carbocycles. The van der Waals surface area contributed by atoms with Crippen LogP contribution >= 0.6 is 0 Å². The monoisotopic (exact) mass is 547 g/mol. The van der Waals surface area contributed by atoms with Crippen molar-refractivity contribution >= 4 is 29.6 Å². The van der Waals surface area contributed by atoms with Crippen LogP contribution < -0.4 is 15.4 Å². The summed E-state index contributed by atoms with van der Waals surface area (Å²) in [7, 11) is 1.44. The van der Waals surface area contributed by atoms with E-state index in [2.05, 4.69) is 25.6 Å². The summed E-state index contributed by atoms with van der Waals surface area (Å²) in [4.78, 5) is 23.2. The van der Waals surface area contributed by atoms with Gasteiger partial charge in [0.25, 0.3) is 11.9 Å². The number of carbonyl (C=O) groups excluding carboxylic acids is 1. The topological polar surface area (TPSA) is 120 Å². The summed E-state index contributed by atoms with van der Waals surface area (Å²) < 4.78 is 69.5. The number of hydrogen-bond donors (Lipinski definition) is 4. The molecule has 3 atom stereocenters. The molecule has 1 amide bonds. The molecule has 206 valence electrons. The first kappa shape index (κ1) is 26.5. The van der Waals surface area contributed by atoms with Crippen LogP contribution in [0, 0.1) is 11.6 Å². The number of aromatic amines is 1. The lowest BCUT2D eigenvalue weighted by Crippen LogP contribution is -2.43. The maximum absolute atomic E-state index is 15.1. The predicted octanol–water partition coefficient (Wildman–Crippen LogP) is 4.03. The zero-order valence-electron chi connectivity index (χ0n) is 20.7. The van der Waals surface area contributed by atoms with Gasteiger partial charge in [0.15, 0.2) is 23.1 Å². The molecule has 3 aliphatic rings. The number of anilines is 1. The second-order valence-electron chi connectivity index (χ2n) is 9.38. The standard InChI is InChI=1S/C26H25F4N5O4/c1-31-24(37)14-4-13(5-15(27)6-14)17-9-33-23-21(17)20(2-3-32-23)39-22-18(28)7-16(8-19(22)29)35-25-34-10-26(30,11-36)12-38-25/h3-4,6-9,13,20,33,36H,2,5,10-12H2,1H3,(H,31,37)(H,34,35). The van der Waals surface area contributed by atoms with Crippen molar-refractivity contribution in [2.45, 2.75) is 30.5 Å². The molecule has 0 fully saturated rings. The lowest BCUT2D eigenvalue weighted by atomic mass is 9.86. The molecule has 1 aromatic carbocycles. The average molecular weight is 548 g/mol. The number of likely N-dealkylation sites (N-methyl/N-ethyl adjacent to an activating group) is 1. The van der Waals surface area contributed by atoms with E-state index in [1.54, 1.807) is 18.5 Å². The van der Waals surface area contributed by atoms with E-state index in [9.17, 15) is 13.6 Å². The molecule has 13 heteroatoms. The first-order valence-corrected chi connectivity index (χ1v) is 12.1. The first-order valence-electron chi connectivity index (χ1n) is 12.1. The highest BCUT2D eigenvalue weighted by atomic mass is 19.1. The number of ether oxygens (including phenoxy) is 2. The molecule has 0 saturated heterocycles. The van der Waals surface area contributed by atoms with Crippen LogP contribution in [0.25, 0.3) is 0 Å². The summed E-state index contributed by atoms with van der Waals surface area (Å²) in [5, 5.41) is 14.1. The van der Waals surface area contributed by atoms with Crippen molar-refractivity contribution in [3.05, 3.63) is 64.6 Å². The van der Waals surface area contributed by atoms with Gasteiger partial charge in [0.1, 0.15) is 24.4 Å². The number of nitrogens with one attached hydrogen (secondary N) is 3. The summed E-state index contributed by atoms with van der Waals surface area (Å²) in [5.74, 6) is -3.71. The number of hydrogen-bond acceptors (Lipinski definition) is 7. The number of rotatable bonds is 6. The summed E-state index contributed by atoms with van der Waals surface area (Å²) in [6.45, 7) is -1.61. The molecule has 39 heavy (non-hydrogen) atoms. The van der Waals surface area contributed by atoms with Crippen LogP contribution in [0.3, 0.4) is 0 Å². The highest BCUT2D eigenvalue weighted by Gasteiger charge is 2.35. The smallest absolute Gasteiger partial charge is 0.289 e. The van der Waals surface area contributed by atoms with Gasteiger partial charge in [-0.05, 0) is 11.6 Å². The molecular formula is C26H25F4N5O4. The fourth-order valence-electron chi connectivity index (χ4n) is 4.59. The van der Waals surface area contributed by atoms with Crippen molar-refractivity contribution in [2.24, 2.45) is 9.98 Å². The number of amides is 1. The van der Waals surface area contributed by atoms with Crippen LogP contribution in [0.2, 0.25) is 0 Å². The number of nitrogens with zero attached hydrogens (tertiary/aromatic N) is 2. The third kappa shape index (κ3) is 5.39. The lowest BCUT2D eigenvalue weighted by molar-refractivity contribution is -0.116. The van der Waals surface area contributed by atoms with Crippen molar-refractivity contribution < 1.29 is 36.9 Å². The van der Waals surface area contributed by atoms with E-state index in [0.29, 0.717) is 16.9 Å². The minimum Gasteiger partial charge on any atom is -0.479 e. The summed E-state index contributed by atoms with van der Waals surface area (Å²) in [6, 6.07) is 1.80. The fraction of sp³-hybridized carbons (Fsp3) is 0.346. The minimum absolute atomic E-state index is 0.00189. The Hall–Kier alpha value is -4.13. The summed E-state index contributed by atoms with van der Waals surface area (Å²) in [6.07, 6.45) is 5.30. The van der Waals surface area contributed by atoms with Crippen molar-refractivity contribution in [3.8, 4) is 5.75 Å². The number of benzene rings is 1.